The number of carbonyl (C=O) groups excluding carboxylic acids is 1. The first kappa shape index (κ1) is 15.1. The van der Waals surface area contributed by atoms with Gasteiger partial charge in [-0.25, -0.2) is 4.98 Å². The van der Waals surface area contributed by atoms with Gasteiger partial charge in [-0.05, 0) is 18.9 Å². The van der Waals surface area contributed by atoms with Crippen LogP contribution in [0.15, 0.2) is 22.9 Å². The monoisotopic (exact) mass is 328 g/mol. The van der Waals surface area contributed by atoms with E-state index in [0.717, 1.165) is 55.5 Å². The number of aromatic nitrogens is 2. The van der Waals surface area contributed by atoms with E-state index < -0.39 is 0 Å². The highest BCUT2D eigenvalue weighted by Crippen LogP contribution is 2.26. The number of nitrogens with zero attached hydrogens (tertiary/aromatic N) is 2. The smallest absolute Gasteiger partial charge is 0.253 e. The van der Waals surface area contributed by atoms with Crippen molar-refractivity contribution in [2.75, 3.05) is 25.1 Å². The van der Waals surface area contributed by atoms with Crippen LogP contribution in [0.25, 0.3) is 0 Å². The van der Waals surface area contributed by atoms with Gasteiger partial charge in [0.1, 0.15) is 5.76 Å². The van der Waals surface area contributed by atoms with Crippen LogP contribution in [-0.4, -0.2) is 35.6 Å². The van der Waals surface area contributed by atoms with E-state index in [2.05, 4.69) is 20.6 Å². The molecule has 1 fully saturated rings. The largest absolute Gasteiger partial charge is 0.444 e. The summed E-state index contributed by atoms with van der Waals surface area (Å²) in [4.78, 5) is 20.6. The lowest BCUT2D eigenvalue weighted by Gasteiger charge is -2.18. The number of nitrogens with one attached hydrogen (secondary N) is 2. The predicted molar refractivity (Wildman–Crippen MR) is 86.9 cm³/mol. The van der Waals surface area contributed by atoms with Crippen molar-refractivity contribution in [2.45, 2.75) is 31.7 Å². The molecule has 2 aliphatic rings. The third kappa shape index (κ3) is 3.12. The fourth-order valence-electron chi connectivity index (χ4n) is 3.10. The third-order valence-electron chi connectivity index (χ3n) is 4.47. The number of amides is 1. The van der Waals surface area contributed by atoms with Gasteiger partial charge in [0, 0.05) is 32.1 Å². The molecule has 126 valence electrons. The molecule has 2 aromatic heterocycles. The number of fused-ring (bicyclic) bond motifs is 1. The van der Waals surface area contributed by atoms with Crippen LogP contribution in [0.2, 0.25) is 0 Å². The van der Waals surface area contributed by atoms with Crippen LogP contribution in [0.3, 0.4) is 0 Å². The Balaban J connectivity index is 1.41. The molecular formula is C17H20N4O3. The van der Waals surface area contributed by atoms with Crippen LogP contribution in [0, 0.1) is 0 Å². The van der Waals surface area contributed by atoms with Gasteiger partial charge in [-0.15, -0.1) is 0 Å². The summed E-state index contributed by atoms with van der Waals surface area (Å²) in [5.74, 6) is 1.85. The summed E-state index contributed by atoms with van der Waals surface area (Å²) in [7, 11) is 0. The fourth-order valence-corrected chi connectivity index (χ4v) is 3.10. The van der Waals surface area contributed by atoms with Crippen molar-refractivity contribution < 1.29 is 13.9 Å². The molecule has 24 heavy (non-hydrogen) atoms. The van der Waals surface area contributed by atoms with Crippen molar-refractivity contribution in [3.8, 4) is 0 Å². The van der Waals surface area contributed by atoms with Gasteiger partial charge in [0.05, 0.1) is 35.9 Å². The van der Waals surface area contributed by atoms with Gasteiger partial charge in [-0.3, -0.25) is 9.78 Å². The molecule has 1 saturated heterocycles. The Bertz CT molecular complexity index is 737. The minimum absolute atomic E-state index is 0.0612. The molecule has 0 spiro atoms. The predicted octanol–water partition coefficient (Wildman–Crippen LogP) is 1.86. The first-order valence-corrected chi connectivity index (χ1v) is 8.33. The van der Waals surface area contributed by atoms with E-state index in [0.29, 0.717) is 24.6 Å². The van der Waals surface area contributed by atoms with Gasteiger partial charge >= 0.3 is 0 Å². The van der Waals surface area contributed by atoms with E-state index in [1.165, 1.54) is 0 Å². The number of anilines is 1. The molecule has 2 N–H and O–H groups in total. The maximum atomic E-state index is 11.9. The zero-order valence-corrected chi connectivity index (χ0v) is 13.4. The van der Waals surface area contributed by atoms with E-state index in [1.54, 1.807) is 12.4 Å². The normalized spacial score (nSPS) is 18.1. The second-order valence-electron chi connectivity index (χ2n) is 6.13. The topological polar surface area (TPSA) is 89.3 Å². The Morgan fingerprint density at radius 1 is 1.25 bits per heavy atom. The maximum absolute atomic E-state index is 11.9. The molecule has 0 radical (unpaired) electrons. The first-order valence-electron chi connectivity index (χ1n) is 8.33. The van der Waals surface area contributed by atoms with E-state index in [9.17, 15) is 4.79 Å². The average molecular weight is 328 g/mol. The Morgan fingerprint density at radius 3 is 3.00 bits per heavy atom. The van der Waals surface area contributed by atoms with Crippen LogP contribution < -0.4 is 10.6 Å². The molecule has 0 aliphatic carbocycles. The van der Waals surface area contributed by atoms with Gasteiger partial charge in [-0.1, -0.05) is 0 Å². The molecule has 1 amide bonds. The SMILES string of the molecule is O=C1NCCc2ncc(NCc3cnc(C4CCOCC4)o3)cc21. The number of oxazole rings is 1. The minimum atomic E-state index is -0.0612. The van der Waals surface area contributed by atoms with Crippen LogP contribution in [0.5, 0.6) is 0 Å². The zero-order chi connectivity index (χ0) is 16.4. The molecule has 4 rings (SSSR count). The zero-order valence-electron chi connectivity index (χ0n) is 13.4. The highest BCUT2D eigenvalue weighted by molar-refractivity contribution is 5.97. The molecule has 2 aromatic rings. The standard InChI is InChI=1S/C17H20N4O3/c22-16-14-7-12(8-20-15(14)1-4-18-16)19-9-13-10-21-17(24-13)11-2-5-23-6-3-11/h7-8,10-11,19H,1-6,9H2,(H,18,22). The van der Waals surface area contributed by atoms with Crippen LogP contribution in [0.1, 0.15) is 46.5 Å². The van der Waals surface area contributed by atoms with Crippen LogP contribution >= 0.6 is 0 Å². The second kappa shape index (κ2) is 6.60. The summed E-state index contributed by atoms with van der Waals surface area (Å²) in [5.41, 5.74) is 2.30. The molecule has 0 atom stereocenters. The van der Waals surface area contributed by atoms with Crippen molar-refractivity contribution in [1.82, 2.24) is 15.3 Å². The van der Waals surface area contributed by atoms with Crippen molar-refractivity contribution in [3.63, 3.8) is 0 Å². The summed E-state index contributed by atoms with van der Waals surface area (Å²) in [6.07, 6.45) is 6.20. The molecule has 0 bridgehead atoms. The fraction of sp³-hybridized carbons (Fsp3) is 0.471. The Kier molecular flexibility index (Phi) is 4.17. The van der Waals surface area contributed by atoms with Crippen molar-refractivity contribution >= 4 is 11.6 Å². The number of hydrogen-bond acceptors (Lipinski definition) is 6. The highest BCUT2D eigenvalue weighted by Gasteiger charge is 2.21. The van der Waals surface area contributed by atoms with Gasteiger partial charge < -0.3 is 19.8 Å². The molecule has 0 saturated carbocycles. The maximum Gasteiger partial charge on any atom is 0.253 e. The quantitative estimate of drug-likeness (QED) is 0.890. The lowest BCUT2D eigenvalue weighted by atomic mass is 10.0. The molecule has 2 aliphatic heterocycles. The van der Waals surface area contributed by atoms with Crippen molar-refractivity contribution in [1.29, 1.82) is 0 Å². The highest BCUT2D eigenvalue weighted by atomic mass is 16.5. The average Bonchev–Trinajstić information content (AvgIpc) is 3.10. The van der Waals surface area contributed by atoms with Gasteiger partial charge in [0.15, 0.2) is 5.89 Å². The number of hydrogen-bond donors (Lipinski definition) is 2. The molecule has 0 unspecified atom stereocenters. The molecule has 7 nitrogen and oxygen atoms in total. The Hall–Kier alpha value is -2.41. The number of pyridine rings is 1. The van der Waals surface area contributed by atoms with E-state index in [4.69, 9.17) is 9.15 Å². The Morgan fingerprint density at radius 2 is 2.12 bits per heavy atom. The van der Waals surface area contributed by atoms with Crippen LogP contribution in [-0.2, 0) is 17.7 Å². The molecule has 7 heteroatoms. The van der Waals surface area contributed by atoms with Gasteiger partial charge in [-0.2, -0.15) is 0 Å². The van der Waals surface area contributed by atoms with Crippen LogP contribution in [0.4, 0.5) is 5.69 Å². The Labute approximate surface area is 139 Å². The molecular weight excluding hydrogens is 308 g/mol. The summed E-state index contributed by atoms with van der Waals surface area (Å²) < 4.78 is 11.2. The van der Waals surface area contributed by atoms with E-state index in [1.807, 2.05) is 6.07 Å². The molecule has 0 aromatic carbocycles. The third-order valence-corrected chi connectivity index (χ3v) is 4.47. The van der Waals surface area contributed by atoms with Gasteiger partial charge in [0.25, 0.3) is 5.91 Å². The van der Waals surface area contributed by atoms with Crippen molar-refractivity contribution in [2.24, 2.45) is 0 Å². The van der Waals surface area contributed by atoms with Gasteiger partial charge in [0.2, 0.25) is 0 Å². The summed E-state index contributed by atoms with van der Waals surface area (Å²) in [5, 5.41) is 6.08. The summed E-state index contributed by atoms with van der Waals surface area (Å²) in [6.45, 7) is 2.70. The van der Waals surface area contributed by atoms with E-state index in [-0.39, 0.29) is 5.91 Å². The minimum Gasteiger partial charge on any atom is -0.444 e. The first-order chi connectivity index (χ1) is 11.8. The number of rotatable bonds is 4. The lowest BCUT2D eigenvalue weighted by Crippen LogP contribution is -2.32. The summed E-state index contributed by atoms with van der Waals surface area (Å²) in [6, 6.07) is 1.84. The van der Waals surface area contributed by atoms with Crippen molar-refractivity contribution in [3.05, 3.63) is 41.4 Å². The summed E-state index contributed by atoms with van der Waals surface area (Å²) >= 11 is 0. The number of carbonyl (C=O) groups is 1. The molecule has 4 heterocycles. The number of ether oxygens (including phenoxy) is 1. The lowest BCUT2D eigenvalue weighted by molar-refractivity contribution is 0.0792. The second-order valence-corrected chi connectivity index (χ2v) is 6.13. The van der Waals surface area contributed by atoms with E-state index >= 15 is 0 Å².